The molecule has 0 N–H and O–H groups in total. The first-order valence-corrected chi connectivity index (χ1v) is 8.52. The Morgan fingerprint density at radius 2 is 1.80 bits per heavy atom. The van der Waals surface area contributed by atoms with E-state index in [1.54, 1.807) is 4.90 Å². The van der Waals surface area contributed by atoms with Crippen molar-refractivity contribution < 1.29 is 22.8 Å². The van der Waals surface area contributed by atoms with Crippen molar-refractivity contribution in [1.29, 1.82) is 0 Å². The summed E-state index contributed by atoms with van der Waals surface area (Å²) < 4.78 is 39.6. The van der Waals surface area contributed by atoms with E-state index in [0.717, 1.165) is 23.8 Å². The van der Waals surface area contributed by atoms with Gasteiger partial charge in [-0.05, 0) is 30.9 Å². The fourth-order valence-electron chi connectivity index (χ4n) is 3.54. The molecule has 2 saturated heterocycles. The fourth-order valence-corrected chi connectivity index (χ4v) is 3.54. The SMILES string of the molecule is CC1CCN(C(=O)C2CC(=O)N(c3ccccc3C(F)(F)F)C2)CC1. The Balaban J connectivity index is 1.76. The van der Waals surface area contributed by atoms with E-state index in [4.69, 9.17) is 0 Å². The minimum absolute atomic E-state index is 0.0107. The lowest BCUT2D eigenvalue weighted by atomic mass is 9.97. The van der Waals surface area contributed by atoms with Gasteiger partial charge >= 0.3 is 6.18 Å². The lowest BCUT2D eigenvalue weighted by molar-refractivity contribution is -0.137. The molecule has 2 heterocycles. The van der Waals surface area contributed by atoms with E-state index >= 15 is 0 Å². The van der Waals surface area contributed by atoms with Gasteiger partial charge in [0.25, 0.3) is 0 Å². The summed E-state index contributed by atoms with van der Waals surface area (Å²) in [7, 11) is 0. The van der Waals surface area contributed by atoms with Crippen LogP contribution in [0.1, 0.15) is 31.7 Å². The Bertz CT molecular complexity index is 667. The molecule has 0 saturated carbocycles. The summed E-state index contributed by atoms with van der Waals surface area (Å²) in [4.78, 5) is 27.8. The van der Waals surface area contributed by atoms with Crippen LogP contribution in [-0.4, -0.2) is 36.3 Å². The molecule has 1 atom stereocenters. The molecule has 0 bridgehead atoms. The van der Waals surface area contributed by atoms with E-state index in [1.807, 2.05) is 0 Å². The molecule has 25 heavy (non-hydrogen) atoms. The van der Waals surface area contributed by atoms with Crippen LogP contribution in [0.4, 0.5) is 18.9 Å². The molecule has 7 heteroatoms. The smallest absolute Gasteiger partial charge is 0.342 e. The maximum atomic E-state index is 13.2. The van der Waals surface area contributed by atoms with E-state index < -0.39 is 23.6 Å². The van der Waals surface area contributed by atoms with Gasteiger partial charge in [0.05, 0.1) is 17.2 Å². The number of rotatable bonds is 2. The molecular weight excluding hydrogens is 333 g/mol. The summed E-state index contributed by atoms with van der Waals surface area (Å²) >= 11 is 0. The second-order valence-electron chi connectivity index (χ2n) is 6.93. The first kappa shape index (κ1) is 17.8. The van der Waals surface area contributed by atoms with Crippen molar-refractivity contribution in [3.8, 4) is 0 Å². The number of carbonyl (C=O) groups excluding carboxylic acids is 2. The molecule has 0 aromatic heterocycles. The van der Waals surface area contributed by atoms with Crippen LogP contribution in [0, 0.1) is 11.8 Å². The Morgan fingerprint density at radius 3 is 2.44 bits per heavy atom. The van der Waals surface area contributed by atoms with Crippen LogP contribution in [-0.2, 0) is 15.8 Å². The number of benzene rings is 1. The molecule has 2 aliphatic heterocycles. The number of para-hydroxylation sites is 1. The Hall–Kier alpha value is -2.05. The molecule has 136 valence electrons. The van der Waals surface area contributed by atoms with Crippen LogP contribution in [0.25, 0.3) is 0 Å². The summed E-state index contributed by atoms with van der Waals surface area (Å²) in [6.07, 6.45) is -2.72. The minimum Gasteiger partial charge on any atom is -0.342 e. The van der Waals surface area contributed by atoms with Crippen molar-refractivity contribution in [2.75, 3.05) is 24.5 Å². The molecular formula is C18H21F3N2O2. The van der Waals surface area contributed by atoms with Crippen LogP contribution in [0.3, 0.4) is 0 Å². The van der Waals surface area contributed by atoms with Crippen molar-refractivity contribution >= 4 is 17.5 Å². The molecule has 1 aromatic carbocycles. The molecule has 0 aliphatic carbocycles. The maximum absolute atomic E-state index is 13.2. The zero-order valence-electron chi connectivity index (χ0n) is 14.1. The topological polar surface area (TPSA) is 40.6 Å². The normalized spacial score (nSPS) is 22.6. The minimum atomic E-state index is -4.54. The van der Waals surface area contributed by atoms with Crippen molar-refractivity contribution in [3.05, 3.63) is 29.8 Å². The average molecular weight is 354 g/mol. The molecule has 0 radical (unpaired) electrons. The summed E-state index contributed by atoms with van der Waals surface area (Å²) in [6.45, 7) is 3.46. The Labute approximate surface area is 144 Å². The first-order chi connectivity index (χ1) is 11.8. The van der Waals surface area contributed by atoms with Gasteiger partial charge in [-0.25, -0.2) is 0 Å². The van der Waals surface area contributed by atoms with E-state index in [9.17, 15) is 22.8 Å². The predicted octanol–water partition coefficient (Wildman–Crippen LogP) is 3.32. The van der Waals surface area contributed by atoms with Gasteiger partial charge in [0.1, 0.15) is 0 Å². The number of hydrogen-bond acceptors (Lipinski definition) is 2. The Kier molecular flexibility index (Phi) is 4.75. The zero-order chi connectivity index (χ0) is 18.2. The highest BCUT2D eigenvalue weighted by Crippen LogP contribution is 2.38. The van der Waals surface area contributed by atoms with Gasteiger partial charge in [0.15, 0.2) is 0 Å². The quantitative estimate of drug-likeness (QED) is 0.818. The largest absolute Gasteiger partial charge is 0.418 e. The van der Waals surface area contributed by atoms with Gasteiger partial charge in [-0.15, -0.1) is 0 Å². The second-order valence-corrected chi connectivity index (χ2v) is 6.93. The van der Waals surface area contributed by atoms with Crippen molar-refractivity contribution in [3.63, 3.8) is 0 Å². The van der Waals surface area contributed by atoms with Crippen LogP contribution in [0.15, 0.2) is 24.3 Å². The average Bonchev–Trinajstić information content (AvgIpc) is 2.96. The molecule has 1 unspecified atom stereocenters. The summed E-state index contributed by atoms with van der Waals surface area (Å²) in [6, 6.07) is 5.02. The fraction of sp³-hybridized carbons (Fsp3) is 0.556. The number of anilines is 1. The standard InChI is InChI=1S/C18H21F3N2O2/c1-12-6-8-22(9-7-12)17(25)13-10-16(24)23(11-13)15-5-3-2-4-14(15)18(19,20)21/h2-5,12-13H,6-11H2,1H3. The molecule has 2 aliphatic rings. The third kappa shape index (κ3) is 3.65. The monoisotopic (exact) mass is 354 g/mol. The molecule has 3 rings (SSSR count). The van der Waals surface area contributed by atoms with Crippen LogP contribution < -0.4 is 4.90 Å². The number of amides is 2. The van der Waals surface area contributed by atoms with Gasteiger partial charge in [-0.1, -0.05) is 19.1 Å². The molecule has 2 amide bonds. The van der Waals surface area contributed by atoms with Crippen LogP contribution in [0.5, 0.6) is 0 Å². The van der Waals surface area contributed by atoms with Gasteiger partial charge in [-0.2, -0.15) is 13.2 Å². The molecule has 4 nitrogen and oxygen atoms in total. The number of halogens is 3. The van der Waals surface area contributed by atoms with Gasteiger partial charge < -0.3 is 9.80 Å². The third-order valence-corrected chi connectivity index (χ3v) is 5.07. The van der Waals surface area contributed by atoms with Crippen LogP contribution in [0.2, 0.25) is 0 Å². The summed E-state index contributed by atoms with van der Waals surface area (Å²) in [5.74, 6) is -0.542. The maximum Gasteiger partial charge on any atom is 0.418 e. The predicted molar refractivity (Wildman–Crippen MR) is 86.9 cm³/mol. The van der Waals surface area contributed by atoms with Crippen molar-refractivity contribution in [2.24, 2.45) is 11.8 Å². The van der Waals surface area contributed by atoms with E-state index in [2.05, 4.69) is 6.92 Å². The van der Waals surface area contributed by atoms with E-state index in [1.165, 1.54) is 18.2 Å². The van der Waals surface area contributed by atoms with E-state index in [0.29, 0.717) is 19.0 Å². The van der Waals surface area contributed by atoms with Crippen molar-refractivity contribution in [1.82, 2.24) is 4.90 Å². The number of piperidine rings is 1. The van der Waals surface area contributed by atoms with Gasteiger partial charge in [-0.3, -0.25) is 9.59 Å². The Morgan fingerprint density at radius 1 is 1.16 bits per heavy atom. The number of likely N-dealkylation sites (tertiary alicyclic amines) is 1. The number of alkyl halides is 3. The molecule has 2 fully saturated rings. The number of carbonyl (C=O) groups is 2. The second kappa shape index (κ2) is 6.69. The highest BCUT2D eigenvalue weighted by Gasteiger charge is 2.41. The van der Waals surface area contributed by atoms with Crippen molar-refractivity contribution in [2.45, 2.75) is 32.4 Å². The van der Waals surface area contributed by atoms with Crippen LogP contribution >= 0.6 is 0 Å². The highest BCUT2D eigenvalue weighted by atomic mass is 19.4. The summed E-state index contributed by atoms with van der Waals surface area (Å²) in [5, 5.41) is 0. The number of nitrogens with zero attached hydrogens (tertiary/aromatic N) is 2. The van der Waals surface area contributed by atoms with E-state index in [-0.39, 0.29) is 24.6 Å². The molecule has 0 spiro atoms. The zero-order valence-corrected chi connectivity index (χ0v) is 14.1. The third-order valence-electron chi connectivity index (χ3n) is 5.07. The summed E-state index contributed by atoms with van der Waals surface area (Å²) in [5.41, 5.74) is -1.01. The first-order valence-electron chi connectivity index (χ1n) is 8.52. The lowest BCUT2D eigenvalue weighted by Crippen LogP contribution is -2.42. The highest BCUT2D eigenvalue weighted by molar-refractivity contribution is 6.00. The lowest BCUT2D eigenvalue weighted by Gasteiger charge is -2.32. The number of hydrogen-bond donors (Lipinski definition) is 0. The molecule has 1 aromatic rings. The van der Waals surface area contributed by atoms with Gasteiger partial charge in [0.2, 0.25) is 11.8 Å². The van der Waals surface area contributed by atoms with Gasteiger partial charge in [0, 0.05) is 26.1 Å².